The quantitative estimate of drug-likeness (QED) is 0.722. The Hall–Kier alpha value is -2.00. The van der Waals surface area contributed by atoms with Crippen LogP contribution in [0.2, 0.25) is 0 Å². The van der Waals surface area contributed by atoms with Crippen molar-refractivity contribution in [3.8, 4) is 0 Å². The Morgan fingerprint density at radius 1 is 1.38 bits per heavy atom. The number of alkyl halides is 3. The Labute approximate surface area is 157 Å². The highest BCUT2D eigenvalue weighted by molar-refractivity contribution is 9.11. The summed E-state index contributed by atoms with van der Waals surface area (Å²) >= 11 is 3.46. The number of allylic oxidation sites excluding steroid dienone is 3. The van der Waals surface area contributed by atoms with Crippen LogP contribution >= 0.6 is 15.9 Å². The van der Waals surface area contributed by atoms with Gasteiger partial charge >= 0.3 is 6.18 Å². The predicted molar refractivity (Wildman–Crippen MR) is 95.2 cm³/mol. The third-order valence-corrected chi connectivity index (χ3v) is 4.86. The molecule has 0 spiro atoms. The maximum Gasteiger partial charge on any atom is 0.417 e. The van der Waals surface area contributed by atoms with Crippen molar-refractivity contribution >= 4 is 21.8 Å². The number of rotatable bonds is 3. The van der Waals surface area contributed by atoms with Crippen molar-refractivity contribution in [3.05, 3.63) is 58.0 Å². The number of hydrogen-bond acceptors (Lipinski definition) is 4. The molecule has 3 aliphatic rings. The number of hydrogen-bond donors (Lipinski definition) is 2. The summed E-state index contributed by atoms with van der Waals surface area (Å²) in [4.78, 5) is 14.5. The molecule has 0 saturated carbocycles. The van der Waals surface area contributed by atoms with E-state index >= 15 is 0 Å². The van der Waals surface area contributed by atoms with E-state index in [1.54, 1.807) is 23.4 Å². The molecule has 0 aromatic heterocycles. The summed E-state index contributed by atoms with van der Waals surface area (Å²) in [5, 5.41) is 4.48. The molecule has 0 aromatic rings. The number of dihydropyridines is 1. The Kier molecular flexibility index (Phi) is 5.03. The summed E-state index contributed by atoms with van der Waals surface area (Å²) in [5.74, 6) is -0.262. The topological polar surface area (TPSA) is 47.6 Å². The first-order valence-corrected chi connectivity index (χ1v) is 8.83. The molecule has 2 N–H and O–H groups in total. The van der Waals surface area contributed by atoms with Crippen molar-refractivity contribution < 1.29 is 18.0 Å². The number of nitrogens with zero attached hydrogens (tertiary/aromatic N) is 2. The fourth-order valence-corrected chi connectivity index (χ4v) is 3.31. The number of carbonyl (C=O) groups excluding carboxylic acids is 1. The van der Waals surface area contributed by atoms with Gasteiger partial charge in [0.05, 0.1) is 11.3 Å². The molecule has 0 saturated heterocycles. The van der Waals surface area contributed by atoms with E-state index in [9.17, 15) is 18.0 Å². The molecular weight excluding hydrogens is 413 g/mol. The lowest BCUT2D eigenvalue weighted by Gasteiger charge is -2.36. The minimum Gasteiger partial charge on any atom is -0.367 e. The Morgan fingerprint density at radius 2 is 2.12 bits per heavy atom. The van der Waals surface area contributed by atoms with E-state index in [0.717, 1.165) is 22.5 Å². The van der Waals surface area contributed by atoms with Crippen LogP contribution in [0.5, 0.6) is 0 Å². The molecule has 9 heteroatoms. The van der Waals surface area contributed by atoms with Crippen LogP contribution in [-0.2, 0) is 4.79 Å². The zero-order valence-corrected chi connectivity index (χ0v) is 15.7. The van der Waals surface area contributed by atoms with Crippen molar-refractivity contribution in [3.63, 3.8) is 0 Å². The summed E-state index contributed by atoms with van der Waals surface area (Å²) in [6.07, 6.45) is 3.37. The molecule has 3 aliphatic heterocycles. The molecule has 1 amide bonds. The van der Waals surface area contributed by atoms with Gasteiger partial charge in [0.15, 0.2) is 0 Å². The van der Waals surface area contributed by atoms with Crippen molar-refractivity contribution in [2.75, 3.05) is 6.54 Å². The standard InChI is InChI=1S/C17H18BrF3N4O/c1-10(2)25(15-4-3-12(8-22-15)17(19,20)21)16(26)11-5-6-24-14(7-11)13(18)9-23-24/h3-8,10,15,22-23H,9H2,1-2H3. The Morgan fingerprint density at radius 3 is 2.69 bits per heavy atom. The third kappa shape index (κ3) is 3.59. The van der Waals surface area contributed by atoms with E-state index in [1.807, 2.05) is 13.8 Å². The van der Waals surface area contributed by atoms with Gasteiger partial charge in [-0.2, -0.15) is 13.2 Å². The molecule has 140 valence electrons. The second-order valence-corrected chi connectivity index (χ2v) is 7.24. The average molecular weight is 431 g/mol. The molecule has 1 atom stereocenters. The van der Waals surface area contributed by atoms with Gasteiger partial charge in [-0.05, 0) is 38.2 Å². The number of halogens is 4. The van der Waals surface area contributed by atoms with Crippen molar-refractivity contribution in [1.82, 2.24) is 20.7 Å². The number of carbonyl (C=O) groups is 1. The van der Waals surface area contributed by atoms with Crippen molar-refractivity contribution in [2.45, 2.75) is 32.2 Å². The summed E-state index contributed by atoms with van der Waals surface area (Å²) in [7, 11) is 0. The van der Waals surface area contributed by atoms with Crippen LogP contribution < -0.4 is 10.7 Å². The van der Waals surface area contributed by atoms with Crippen LogP contribution in [0.4, 0.5) is 13.2 Å². The lowest BCUT2D eigenvalue weighted by molar-refractivity contribution is -0.130. The van der Waals surface area contributed by atoms with Crippen LogP contribution in [0.3, 0.4) is 0 Å². The lowest BCUT2D eigenvalue weighted by Crippen LogP contribution is -2.51. The number of amides is 1. The third-order valence-electron chi connectivity index (χ3n) is 4.17. The largest absolute Gasteiger partial charge is 0.417 e. The highest BCUT2D eigenvalue weighted by Gasteiger charge is 2.35. The molecule has 5 nitrogen and oxygen atoms in total. The Balaban J connectivity index is 1.82. The van der Waals surface area contributed by atoms with Crippen molar-refractivity contribution in [2.24, 2.45) is 0 Å². The van der Waals surface area contributed by atoms with Gasteiger partial charge in [-0.1, -0.05) is 15.9 Å². The predicted octanol–water partition coefficient (Wildman–Crippen LogP) is 3.04. The van der Waals surface area contributed by atoms with Gasteiger partial charge in [-0.15, -0.1) is 0 Å². The number of fused-ring (bicyclic) bond motifs is 1. The van der Waals surface area contributed by atoms with Gasteiger partial charge in [0.25, 0.3) is 5.91 Å². The zero-order valence-electron chi connectivity index (χ0n) is 14.1. The van der Waals surface area contributed by atoms with Crippen LogP contribution in [0.1, 0.15) is 13.8 Å². The van der Waals surface area contributed by atoms with Gasteiger partial charge in [-0.3, -0.25) is 9.80 Å². The first kappa shape index (κ1) is 18.8. The number of nitrogens with one attached hydrogen (secondary N) is 2. The van der Waals surface area contributed by atoms with E-state index in [-0.39, 0.29) is 11.9 Å². The molecule has 26 heavy (non-hydrogen) atoms. The molecular formula is C17H18BrF3N4O. The summed E-state index contributed by atoms with van der Waals surface area (Å²) in [5.41, 5.74) is 3.65. The van der Waals surface area contributed by atoms with Crippen molar-refractivity contribution in [1.29, 1.82) is 0 Å². The van der Waals surface area contributed by atoms with Gasteiger partial charge in [0, 0.05) is 35.0 Å². The Bertz CT molecular complexity index is 764. The monoisotopic (exact) mass is 430 g/mol. The zero-order chi connectivity index (χ0) is 19.1. The number of hydrazine groups is 1. The highest BCUT2D eigenvalue weighted by Crippen LogP contribution is 2.30. The normalized spacial score (nSPS) is 22.3. The second kappa shape index (κ2) is 6.96. The molecule has 0 aliphatic carbocycles. The van der Waals surface area contributed by atoms with E-state index in [4.69, 9.17) is 0 Å². The van der Waals surface area contributed by atoms with Gasteiger partial charge in [0.1, 0.15) is 6.17 Å². The molecule has 0 aromatic carbocycles. The maximum absolute atomic E-state index is 13.0. The highest BCUT2D eigenvalue weighted by atomic mass is 79.9. The van der Waals surface area contributed by atoms with Gasteiger partial charge in [0.2, 0.25) is 0 Å². The minimum atomic E-state index is -4.42. The smallest absolute Gasteiger partial charge is 0.367 e. The van der Waals surface area contributed by atoms with Crippen LogP contribution in [0, 0.1) is 0 Å². The molecule has 0 fully saturated rings. The molecule has 0 radical (unpaired) electrons. The minimum absolute atomic E-state index is 0.211. The van der Waals surface area contributed by atoms with Gasteiger partial charge in [-0.25, -0.2) is 5.43 Å². The lowest BCUT2D eigenvalue weighted by atomic mass is 10.1. The average Bonchev–Trinajstić information content (AvgIpc) is 2.95. The fourth-order valence-electron chi connectivity index (χ4n) is 2.88. The van der Waals surface area contributed by atoms with Crippen LogP contribution in [0.15, 0.2) is 58.0 Å². The summed E-state index contributed by atoms with van der Waals surface area (Å²) in [6.45, 7) is 4.27. The fraction of sp³-hybridized carbons (Fsp3) is 0.353. The van der Waals surface area contributed by atoms with Crippen LogP contribution in [-0.4, -0.2) is 40.7 Å². The molecule has 1 unspecified atom stereocenters. The van der Waals surface area contributed by atoms with E-state index in [0.29, 0.717) is 12.1 Å². The maximum atomic E-state index is 13.0. The first-order valence-electron chi connectivity index (χ1n) is 8.04. The first-order chi connectivity index (χ1) is 12.2. The van der Waals surface area contributed by atoms with E-state index in [1.165, 1.54) is 11.0 Å². The van der Waals surface area contributed by atoms with Crippen LogP contribution in [0.25, 0.3) is 0 Å². The molecule has 3 heterocycles. The molecule has 3 rings (SSSR count). The SMILES string of the molecule is CC(C)N(C(=O)C1=CC2=C(Br)CNN2C=C1)C1C=CC(C(F)(F)F)=CN1. The van der Waals surface area contributed by atoms with Gasteiger partial charge < -0.3 is 10.2 Å². The van der Waals surface area contributed by atoms with E-state index < -0.39 is 17.9 Å². The second-order valence-electron chi connectivity index (χ2n) is 6.28. The summed E-state index contributed by atoms with van der Waals surface area (Å²) in [6, 6.07) is -0.211. The van der Waals surface area contributed by atoms with E-state index in [2.05, 4.69) is 26.7 Å². The molecule has 0 bridgehead atoms. The summed E-state index contributed by atoms with van der Waals surface area (Å²) < 4.78 is 39.2.